The Hall–Kier alpha value is -1.77. The average Bonchev–Trinajstić information content (AvgIpc) is 2.24. The highest BCUT2D eigenvalue weighted by molar-refractivity contribution is 5.75. The predicted octanol–water partition coefficient (Wildman–Crippen LogP) is 2.81. The number of nitrogens with two attached hydrogens (primary N) is 1. The normalized spacial score (nSPS) is 14.3. The topological polar surface area (TPSA) is 63.3 Å². The summed E-state index contributed by atoms with van der Waals surface area (Å²) in [5, 5.41) is 8.54. The van der Waals surface area contributed by atoms with Crippen LogP contribution in [0.5, 0.6) is 0 Å². The molecule has 0 aliphatic heterocycles. The van der Waals surface area contributed by atoms with Gasteiger partial charge in [-0.15, -0.1) is 0 Å². The van der Waals surface area contributed by atoms with Gasteiger partial charge in [0.1, 0.15) is 6.04 Å². The van der Waals surface area contributed by atoms with E-state index < -0.39 is 41.1 Å². The molecule has 0 amide bonds. The van der Waals surface area contributed by atoms with Crippen LogP contribution in [0.4, 0.5) is 26.3 Å². The van der Waals surface area contributed by atoms with Crippen LogP contribution in [-0.2, 0) is 17.1 Å². The molecule has 0 aliphatic carbocycles. The Balaban J connectivity index is 3.45. The molecule has 3 nitrogen and oxygen atoms in total. The van der Waals surface area contributed by atoms with E-state index in [9.17, 15) is 31.1 Å². The van der Waals surface area contributed by atoms with Crippen molar-refractivity contribution in [1.82, 2.24) is 0 Å². The monoisotopic (exact) mass is 287 g/mol. The zero-order valence-electron chi connectivity index (χ0n) is 9.01. The van der Waals surface area contributed by atoms with Crippen LogP contribution in [-0.4, -0.2) is 11.1 Å². The van der Waals surface area contributed by atoms with E-state index in [1.54, 1.807) is 0 Å². The molecule has 1 aromatic carbocycles. The number of alkyl halides is 6. The number of carboxylic acids is 1. The summed E-state index contributed by atoms with van der Waals surface area (Å²) in [6.07, 6.45) is -10.1. The summed E-state index contributed by atoms with van der Waals surface area (Å²) < 4.78 is 74.7. The zero-order valence-corrected chi connectivity index (χ0v) is 9.01. The van der Waals surface area contributed by atoms with Gasteiger partial charge < -0.3 is 10.8 Å². The second-order valence-corrected chi connectivity index (χ2v) is 3.66. The Labute approximate surface area is 102 Å². The number of halogens is 6. The van der Waals surface area contributed by atoms with E-state index in [-0.39, 0.29) is 18.2 Å². The molecule has 9 heteroatoms. The van der Waals surface area contributed by atoms with Gasteiger partial charge in [0.2, 0.25) is 0 Å². The Morgan fingerprint density at radius 2 is 1.37 bits per heavy atom. The minimum Gasteiger partial charge on any atom is -0.480 e. The molecule has 0 radical (unpaired) electrons. The molecule has 106 valence electrons. The number of carboxylic acid groups (broad SMARTS) is 1. The van der Waals surface area contributed by atoms with Crippen LogP contribution in [0.1, 0.15) is 22.7 Å². The third kappa shape index (κ3) is 3.60. The molecule has 0 saturated heterocycles. The van der Waals surface area contributed by atoms with Gasteiger partial charge in [0.15, 0.2) is 0 Å². The molecule has 1 aromatic rings. The fourth-order valence-corrected chi connectivity index (χ4v) is 1.30. The van der Waals surface area contributed by atoms with E-state index in [4.69, 9.17) is 10.8 Å². The Morgan fingerprint density at radius 3 is 1.63 bits per heavy atom. The summed E-state index contributed by atoms with van der Waals surface area (Å²) in [6, 6.07) is -1.50. The van der Waals surface area contributed by atoms with Crippen LogP contribution in [0.15, 0.2) is 18.2 Å². The van der Waals surface area contributed by atoms with E-state index in [2.05, 4.69) is 0 Å². The van der Waals surface area contributed by atoms with E-state index in [1.807, 2.05) is 0 Å². The van der Waals surface area contributed by atoms with Crippen molar-refractivity contribution in [3.63, 3.8) is 0 Å². The number of carbonyl (C=O) groups is 1. The van der Waals surface area contributed by atoms with Gasteiger partial charge in [0.05, 0.1) is 11.1 Å². The summed E-state index contributed by atoms with van der Waals surface area (Å²) in [5.74, 6) is -1.73. The zero-order chi connectivity index (χ0) is 15.0. The van der Waals surface area contributed by atoms with E-state index in [0.717, 1.165) is 0 Å². The Bertz CT molecular complexity index is 462. The Kier molecular flexibility index (Phi) is 3.80. The second kappa shape index (κ2) is 4.72. The van der Waals surface area contributed by atoms with Gasteiger partial charge in [0, 0.05) is 0 Å². The van der Waals surface area contributed by atoms with Gasteiger partial charge in [0.25, 0.3) is 0 Å². The largest absolute Gasteiger partial charge is 0.480 e. The highest BCUT2D eigenvalue weighted by Gasteiger charge is 2.37. The molecule has 0 aliphatic rings. The van der Waals surface area contributed by atoms with E-state index in [1.165, 1.54) is 0 Å². The van der Waals surface area contributed by atoms with Crippen LogP contribution >= 0.6 is 0 Å². The third-order valence-corrected chi connectivity index (χ3v) is 2.24. The Morgan fingerprint density at radius 1 is 1.00 bits per heavy atom. The van der Waals surface area contributed by atoms with Crippen molar-refractivity contribution < 1.29 is 36.2 Å². The lowest BCUT2D eigenvalue weighted by molar-refractivity contribution is -0.144. The molecule has 1 atom stereocenters. The quantitative estimate of drug-likeness (QED) is 0.822. The number of hydrogen-bond donors (Lipinski definition) is 2. The summed E-state index contributed by atoms with van der Waals surface area (Å²) in [7, 11) is 0. The van der Waals surface area contributed by atoms with Crippen LogP contribution in [0.25, 0.3) is 0 Å². The predicted molar refractivity (Wildman–Crippen MR) is 51.0 cm³/mol. The minimum absolute atomic E-state index is 0.0991. The summed E-state index contributed by atoms with van der Waals surface area (Å²) >= 11 is 0. The van der Waals surface area contributed by atoms with Crippen molar-refractivity contribution in [1.29, 1.82) is 0 Å². The summed E-state index contributed by atoms with van der Waals surface area (Å²) in [6.45, 7) is 0. The maximum absolute atomic E-state index is 12.4. The standard InChI is InChI=1S/C10H7F6NO2/c11-9(12,13)5-1-4(7(17)8(18)19)2-6(3-5)10(14,15)16/h1-3,7H,17H2,(H,18,19)/t7-/m0/s1. The highest BCUT2D eigenvalue weighted by Crippen LogP contribution is 2.37. The molecule has 0 saturated carbocycles. The van der Waals surface area contributed by atoms with Crippen molar-refractivity contribution in [2.75, 3.05) is 0 Å². The molecular formula is C10H7F6NO2. The maximum Gasteiger partial charge on any atom is 0.416 e. The van der Waals surface area contributed by atoms with E-state index >= 15 is 0 Å². The van der Waals surface area contributed by atoms with Gasteiger partial charge in [-0.2, -0.15) is 26.3 Å². The maximum atomic E-state index is 12.4. The first kappa shape index (κ1) is 15.3. The number of benzene rings is 1. The molecule has 0 spiro atoms. The lowest BCUT2D eigenvalue weighted by atomic mass is 10.00. The van der Waals surface area contributed by atoms with Crippen LogP contribution in [0, 0.1) is 0 Å². The number of rotatable bonds is 2. The van der Waals surface area contributed by atoms with E-state index in [0.29, 0.717) is 0 Å². The lowest BCUT2D eigenvalue weighted by Crippen LogP contribution is -2.22. The third-order valence-electron chi connectivity index (χ3n) is 2.24. The molecule has 0 aromatic heterocycles. The van der Waals surface area contributed by atoms with Crippen LogP contribution in [0.2, 0.25) is 0 Å². The molecule has 3 N–H and O–H groups in total. The fraction of sp³-hybridized carbons (Fsp3) is 0.300. The van der Waals surface area contributed by atoms with Gasteiger partial charge in [-0.05, 0) is 23.8 Å². The molecule has 1 rings (SSSR count). The van der Waals surface area contributed by atoms with Gasteiger partial charge in [-0.25, -0.2) is 0 Å². The van der Waals surface area contributed by atoms with Crippen LogP contribution in [0.3, 0.4) is 0 Å². The summed E-state index contributed by atoms with van der Waals surface area (Å²) in [4.78, 5) is 10.5. The van der Waals surface area contributed by atoms with Gasteiger partial charge in [-0.3, -0.25) is 4.79 Å². The van der Waals surface area contributed by atoms with Crippen LogP contribution < -0.4 is 5.73 Å². The van der Waals surface area contributed by atoms with Crippen molar-refractivity contribution >= 4 is 5.97 Å². The number of aliphatic carboxylic acids is 1. The molecule has 0 unspecified atom stereocenters. The summed E-state index contributed by atoms with van der Waals surface area (Å²) in [5.41, 5.74) is 1.05. The SMILES string of the molecule is N[C@H](C(=O)O)c1cc(C(F)(F)F)cc(C(F)(F)F)c1. The first-order valence-electron chi connectivity index (χ1n) is 4.70. The fourth-order valence-electron chi connectivity index (χ4n) is 1.30. The molecule has 0 fully saturated rings. The molecular weight excluding hydrogens is 280 g/mol. The first-order chi connectivity index (χ1) is 8.43. The molecule has 19 heavy (non-hydrogen) atoms. The van der Waals surface area contributed by atoms with Crippen molar-refractivity contribution in [2.45, 2.75) is 18.4 Å². The second-order valence-electron chi connectivity index (χ2n) is 3.66. The minimum atomic E-state index is -5.03. The highest BCUT2D eigenvalue weighted by atomic mass is 19.4. The van der Waals surface area contributed by atoms with Crippen molar-refractivity contribution in [3.05, 3.63) is 34.9 Å². The molecule has 0 bridgehead atoms. The molecule has 0 heterocycles. The van der Waals surface area contributed by atoms with Gasteiger partial charge in [-0.1, -0.05) is 0 Å². The lowest BCUT2D eigenvalue weighted by Gasteiger charge is -2.15. The average molecular weight is 287 g/mol. The van der Waals surface area contributed by atoms with Crippen molar-refractivity contribution in [3.8, 4) is 0 Å². The van der Waals surface area contributed by atoms with Crippen molar-refractivity contribution in [2.24, 2.45) is 5.73 Å². The smallest absolute Gasteiger partial charge is 0.416 e. The van der Waals surface area contributed by atoms with Gasteiger partial charge >= 0.3 is 18.3 Å². The first-order valence-corrected chi connectivity index (χ1v) is 4.70. The number of hydrogen-bond acceptors (Lipinski definition) is 2.